The zero-order valence-corrected chi connectivity index (χ0v) is 19.3. The lowest BCUT2D eigenvalue weighted by Gasteiger charge is -2.39. The molecule has 1 unspecified atom stereocenters. The van der Waals surface area contributed by atoms with Crippen molar-refractivity contribution in [2.75, 3.05) is 19.9 Å². The van der Waals surface area contributed by atoms with E-state index in [1.165, 1.54) is 17.5 Å². The topological polar surface area (TPSA) is 67.9 Å². The van der Waals surface area contributed by atoms with Crippen LogP contribution in [0.4, 0.5) is 0 Å². The van der Waals surface area contributed by atoms with Crippen LogP contribution in [0.3, 0.4) is 0 Å². The first-order valence-electron chi connectivity index (χ1n) is 12.1. The van der Waals surface area contributed by atoms with Crippen LogP contribution in [0.25, 0.3) is 0 Å². The largest absolute Gasteiger partial charge is 0.454 e. The Labute approximate surface area is 195 Å². The number of fused-ring (bicyclic) bond motifs is 2. The van der Waals surface area contributed by atoms with E-state index < -0.39 is 0 Å². The van der Waals surface area contributed by atoms with Gasteiger partial charge in [-0.15, -0.1) is 0 Å². The summed E-state index contributed by atoms with van der Waals surface area (Å²) in [6.07, 6.45) is 6.73. The number of rotatable bonds is 5. The number of carbonyl (C=O) groups is 2. The Hall–Kier alpha value is -3.02. The van der Waals surface area contributed by atoms with E-state index >= 15 is 0 Å². The Kier molecular flexibility index (Phi) is 6.00. The second kappa shape index (κ2) is 9.08. The van der Waals surface area contributed by atoms with Crippen LogP contribution in [0, 0.1) is 0 Å². The summed E-state index contributed by atoms with van der Waals surface area (Å²) in [5, 5.41) is 3.25. The van der Waals surface area contributed by atoms with Crippen molar-refractivity contribution in [1.29, 1.82) is 0 Å². The molecule has 1 atom stereocenters. The number of carbonyl (C=O) groups excluding carboxylic acids is 2. The van der Waals surface area contributed by atoms with E-state index in [-0.39, 0.29) is 36.5 Å². The van der Waals surface area contributed by atoms with Crippen LogP contribution in [0.1, 0.15) is 68.2 Å². The molecule has 0 bridgehead atoms. The molecular formula is C27H32N2O4. The number of amides is 2. The van der Waals surface area contributed by atoms with Crippen LogP contribution in [-0.2, 0) is 21.4 Å². The highest BCUT2D eigenvalue weighted by molar-refractivity contribution is 5.79. The maximum atomic E-state index is 13.2. The highest BCUT2D eigenvalue weighted by atomic mass is 16.7. The van der Waals surface area contributed by atoms with Gasteiger partial charge in [-0.25, -0.2) is 0 Å². The lowest BCUT2D eigenvalue weighted by molar-refractivity contribution is -0.133. The highest BCUT2D eigenvalue weighted by Gasteiger charge is 2.36. The zero-order chi connectivity index (χ0) is 22.8. The Bertz CT molecular complexity index is 1040. The van der Waals surface area contributed by atoms with Crippen molar-refractivity contribution in [3.8, 4) is 11.5 Å². The second-order valence-electron chi connectivity index (χ2n) is 9.57. The number of ether oxygens (including phenoxy) is 2. The number of nitrogens with zero attached hydrogens (tertiary/aromatic N) is 1. The summed E-state index contributed by atoms with van der Waals surface area (Å²) in [7, 11) is 0. The molecular weight excluding hydrogens is 416 g/mol. The van der Waals surface area contributed by atoms with E-state index in [2.05, 4.69) is 29.6 Å². The molecule has 1 N–H and O–H groups in total. The first-order valence-corrected chi connectivity index (χ1v) is 12.1. The van der Waals surface area contributed by atoms with Crippen molar-refractivity contribution in [2.45, 2.75) is 63.3 Å². The smallest absolute Gasteiger partial charge is 0.231 e. The van der Waals surface area contributed by atoms with Crippen LogP contribution in [-0.4, -0.2) is 36.6 Å². The predicted octanol–water partition coefficient (Wildman–Crippen LogP) is 4.27. The summed E-state index contributed by atoms with van der Waals surface area (Å²) < 4.78 is 11.1. The van der Waals surface area contributed by atoms with Crippen molar-refractivity contribution >= 4 is 11.8 Å². The SMILES string of the molecule is CC(=O)N1CCc2ccccc2C1CC(=O)NCC1(c2ccc3c(c2)OCO3)CCCCC1. The zero-order valence-electron chi connectivity index (χ0n) is 19.3. The second-order valence-corrected chi connectivity index (χ2v) is 9.57. The molecule has 5 rings (SSSR count). The minimum absolute atomic E-state index is 0.00588. The van der Waals surface area contributed by atoms with Gasteiger partial charge in [0.25, 0.3) is 0 Å². The van der Waals surface area contributed by atoms with E-state index in [4.69, 9.17) is 9.47 Å². The van der Waals surface area contributed by atoms with Crippen molar-refractivity contribution < 1.29 is 19.1 Å². The molecule has 3 aliphatic rings. The van der Waals surface area contributed by atoms with Gasteiger partial charge in [0.05, 0.1) is 12.5 Å². The Morgan fingerprint density at radius 3 is 2.67 bits per heavy atom. The molecule has 0 radical (unpaired) electrons. The molecule has 1 fully saturated rings. The molecule has 174 valence electrons. The Balaban J connectivity index is 1.33. The molecule has 33 heavy (non-hydrogen) atoms. The fourth-order valence-corrected chi connectivity index (χ4v) is 5.79. The standard InChI is InChI=1S/C27H32N2O4/c1-19(30)29-14-11-20-7-3-4-8-22(20)23(29)16-26(31)28-17-27(12-5-2-6-13-27)21-9-10-24-25(15-21)33-18-32-24/h3-4,7-10,15,23H,2,5-6,11-14,16-18H2,1H3,(H,28,31). The maximum absolute atomic E-state index is 13.2. The lowest BCUT2D eigenvalue weighted by Crippen LogP contribution is -2.45. The molecule has 1 aliphatic carbocycles. The van der Waals surface area contributed by atoms with Crippen LogP contribution in [0.15, 0.2) is 42.5 Å². The third-order valence-corrected chi connectivity index (χ3v) is 7.62. The molecule has 0 saturated heterocycles. The first kappa shape index (κ1) is 21.8. The molecule has 6 nitrogen and oxygen atoms in total. The Morgan fingerprint density at radius 2 is 1.85 bits per heavy atom. The molecule has 0 aromatic heterocycles. The average molecular weight is 449 g/mol. The minimum atomic E-state index is -0.208. The van der Waals surface area contributed by atoms with Gasteiger partial charge in [-0.3, -0.25) is 9.59 Å². The lowest BCUT2D eigenvalue weighted by atomic mass is 9.69. The number of nitrogens with one attached hydrogen (secondary N) is 1. The van der Waals surface area contributed by atoms with Gasteiger partial charge in [0.1, 0.15) is 0 Å². The quantitative estimate of drug-likeness (QED) is 0.742. The molecule has 1 saturated carbocycles. The third kappa shape index (κ3) is 4.31. The Morgan fingerprint density at radius 1 is 1.06 bits per heavy atom. The molecule has 2 aromatic rings. The van der Waals surface area contributed by atoms with Gasteiger partial charge in [0.15, 0.2) is 11.5 Å². The summed E-state index contributed by atoms with van der Waals surface area (Å²) in [6.45, 7) is 3.11. The van der Waals surface area contributed by atoms with Crippen molar-refractivity contribution in [3.05, 3.63) is 59.2 Å². The first-order chi connectivity index (χ1) is 16.1. The molecule has 2 heterocycles. The van der Waals surface area contributed by atoms with E-state index in [9.17, 15) is 9.59 Å². The van der Waals surface area contributed by atoms with E-state index in [0.717, 1.165) is 49.2 Å². The van der Waals surface area contributed by atoms with Crippen LogP contribution in [0.5, 0.6) is 11.5 Å². The van der Waals surface area contributed by atoms with Gasteiger partial charge in [0.2, 0.25) is 18.6 Å². The minimum Gasteiger partial charge on any atom is -0.454 e. The highest BCUT2D eigenvalue weighted by Crippen LogP contribution is 2.43. The number of hydrogen-bond acceptors (Lipinski definition) is 4. The van der Waals surface area contributed by atoms with Gasteiger partial charge in [-0.2, -0.15) is 0 Å². The van der Waals surface area contributed by atoms with E-state index in [1.807, 2.05) is 23.1 Å². The van der Waals surface area contributed by atoms with Crippen molar-refractivity contribution in [2.24, 2.45) is 0 Å². The summed E-state index contributed by atoms with van der Waals surface area (Å²) in [4.78, 5) is 27.3. The van der Waals surface area contributed by atoms with Crippen LogP contribution in [0.2, 0.25) is 0 Å². The van der Waals surface area contributed by atoms with Gasteiger partial charge < -0.3 is 19.7 Å². The normalized spacial score (nSPS) is 20.8. The van der Waals surface area contributed by atoms with E-state index in [1.54, 1.807) is 6.92 Å². The molecule has 2 aliphatic heterocycles. The van der Waals surface area contributed by atoms with Crippen molar-refractivity contribution in [3.63, 3.8) is 0 Å². The number of benzene rings is 2. The van der Waals surface area contributed by atoms with Gasteiger partial charge >= 0.3 is 0 Å². The molecule has 2 aromatic carbocycles. The van der Waals surface area contributed by atoms with Gasteiger partial charge in [-0.05, 0) is 48.1 Å². The fraction of sp³-hybridized carbons (Fsp3) is 0.481. The van der Waals surface area contributed by atoms with Gasteiger partial charge in [-0.1, -0.05) is 49.6 Å². The summed E-state index contributed by atoms with van der Waals surface area (Å²) in [6, 6.07) is 14.2. The monoisotopic (exact) mass is 448 g/mol. The fourth-order valence-electron chi connectivity index (χ4n) is 5.79. The number of hydrogen-bond donors (Lipinski definition) is 1. The molecule has 2 amide bonds. The summed E-state index contributed by atoms with van der Waals surface area (Å²) in [5.41, 5.74) is 3.44. The average Bonchev–Trinajstić information content (AvgIpc) is 3.31. The van der Waals surface area contributed by atoms with E-state index in [0.29, 0.717) is 13.1 Å². The van der Waals surface area contributed by atoms with Gasteiger partial charge in [0, 0.05) is 25.4 Å². The predicted molar refractivity (Wildman–Crippen MR) is 125 cm³/mol. The summed E-state index contributed by atoms with van der Waals surface area (Å²) >= 11 is 0. The molecule has 0 spiro atoms. The molecule has 6 heteroatoms. The van der Waals surface area contributed by atoms with Crippen LogP contribution < -0.4 is 14.8 Å². The maximum Gasteiger partial charge on any atom is 0.231 e. The van der Waals surface area contributed by atoms with Crippen molar-refractivity contribution in [1.82, 2.24) is 10.2 Å². The summed E-state index contributed by atoms with van der Waals surface area (Å²) in [5.74, 6) is 1.59. The van der Waals surface area contributed by atoms with Crippen LogP contribution >= 0.6 is 0 Å². The third-order valence-electron chi connectivity index (χ3n) is 7.62.